The summed E-state index contributed by atoms with van der Waals surface area (Å²) in [6.07, 6.45) is 0.733. The Kier molecular flexibility index (Phi) is 3.44. The van der Waals surface area contributed by atoms with Gasteiger partial charge in [0.15, 0.2) is 0 Å². The molecule has 6 heteroatoms. The fourth-order valence-corrected chi connectivity index (χ4v) is 3.84. The molecule has 1 aromatic heterocycles. The molecule has 1 aliphatic heterocycles. The van der Waals surface area contributed by atoms with Crippen LogP contribution in [0.5, 0.6) is 0 Å². The van der Waals surface area contributed by atoms with E-state index in [-0.39, 0.29) is 5.91 Å². The molecule has 1 N–H and O–H groups in total. The number of aromatic nitrogens is 2. The molecule has 0 unspecified atom stereocenters. The average Bonchev–Trinajstić information content (AvgIpc) is 3.18. The van der Waals surface area contributed by atoms with Gasteiger partial charge >= 0.3 is 0 Å². The van der Waals surface area contributed by atoms with Crippen LogP contribution in [0.1, 0.15) is 33.4 Å². The van der Waals surface area contributed by atoms with Crippen molar-refractivity contribution in [3.63, 3.8) is 0 Å². The monoisotopic (exact) mass is 337 g/mol. The molecule has 120 valence electrons. The molecule has 5 nitrogen and oxygen atoms in total. The molecule has 1 amide bonds. The van der Waals surface area contributed by atoms with Crippen LogP contribution >= 0.6 is 11.3 Å². The summed E-state index contributed by atoms with van der Waals surface area (Å²) in [6, 6.07) is 16.3. The lowest BCUT2D eigenvalue weighted by Crippen LogP contribution is -2.45. The Labute approximate surface area is 143 Å². The highest BCUT2D eigenvalue weighted by Crippen LogP contribution is 2.45. The van der Waals surface area contributed by atoms with Crippen LogP contribution in [0, 0.1) is 0 Å². The van der Waals surface area contributed by atoms with E-state index in [4.69, 9.17) is 0 Å². The molecule has 0 bridgehead atoms. The molecule has 0 aliphatic carbocycles. The number of amides is 1. The van der Waals surface area contributed by atoms with Crippen molar-refractivity contribution >= 4 is 22.4 Å². The second-order valence-corrected chi connectivity index (χ2v) is 6.60. The van der Waals surface area contributed by atoms with E-state index in [0.29, 0.717) is 21.8 Å². The summed E-state index contributed by atoms with van der Waals surface area (Å²) in [4.78, 5) is 14.3. The van der Waals surface area contributed by atoms with Crippen LogP contribution in [0.15, 0.2) is 54.6 Å². The van der Waals surface area contributed by atoms with Gasteiger partial charge in [-0.25, -0.2) is 4.90 Å². The molecule has 0 saturated heterocycles. The van der Waals surface area contributed by atoms with Gasteiger partial charge in [0.25, 0.3) is 5.91 Å². The van der Waals surface area contributed by atoms with Gasteiger partial charge in [0, 0.05) is 16.7 Å². The van der Waals surface area contributed by atoms with Gasteiger partial charge in [0.1, 0.15) is 5.01 Å². The second kappa shape index (κ2) is 5.51. The summed E-state index contributed by atoms with van der Waals surface area (Å²) in [5, 5.41) is 21.1. The van der Waals surface area contributed by atoms with Crippen molar-refractivity contribution < 1.29 is 9.90 Å². The van der Waals surface area contributed by atoms with Gasteiger partial charge in [-0.05, 0) is 12.5 Å². The molecule has 0 radical (unpaired) electrons. The van der Waals surface area contributed by atoms with Gasteiger partial charge in [-0.2, -0.15) is 0 Å². The van der Waals surface area contributed by atoms with E-state index in [1.165, 1.54) is 16.2 Å². The SMILES string of the molecule is CCc1nnc(N2C(=O)c3ccccc3[C@@]2(O)c2ccccc2)s1. The average molecular weight is 337 g/mol. The predicted octanol–water partition coefficient (Wildman–Crippen LogP) is 2.95. The smallest absolute Gasteiger partial charge is 0.263 e. The first-order valence-corrected chi connectivity index (χ1v) is 8.52. The Hall–Kier alpha value is -2.57. The van der Waals surface area contributed by atoms with Crippen LogP contribution < -0.4 is 4.90 Å². The standard InChI is InChI=1S/C18H15N3O2S/c1-2-15-19-20-17(24-15)21-16(22)13-10-6-7-11-14(13)18(21,23)12-8-4-3-5-9-12/h3-11,23H,2H2,1H3/t18-/m0/s1. The number of nitrogens with zero attached hydrogens (tertiary/aromatic N) is 3. The molecule has 0 saturated carbocycles. The Morgan fingerprint density at radius 2 is 1.79 bits per heavy atom. The summed E-state index contributed by atoms with van der Waals surface area (Å²) in [5.41, 5.74) is 0.0857. The quantitative estimate of drug-likeness (QED) is 0.798. The number of rotatable bonds is 3. The molecule has 1 atom stereocenters. The van der Waals surface area contributed by atoms with E-state index in [1.54, 1.807) is 18.2 Å². The van der Waals surface area contributed by atoms with Crippen LogP contribution in [0.25, 0.3) is 0 Å². The predicted molar refractivity (Wildman–Crippen MR) is 92.0 cm³/mol. The lowest BCUT2D eigenvalue weighted by Gasteiger charge is -2.32. The highest BCUT2D eigenvalue weighted by molar-refractivity contribution is 7.15. The van der Waals surface area contributed by atoms with Crippen molar-refractivity contribution in [2.75, 3.05) is 4.90 Å². The fraction of sp³-hybridized carbons (Fsp3) is 0.167. The lowest BCUT2D eigenvalue weighted by atomic mass is 9.94. The molecule has 2 aromatic carbocycles. The van der Waals surface area contributed by atoms with Crippen LogP contribution in [-0.4, -0.2) is 21.2 Å². The van der Waals surface area contributed by atoms with Crippen molar-refractivity contribution in [2.45, 2.75) is 19.1 Å². The Morgan fingerprint density at radius 3 is 2.50 bits per heavy atom. The molecular formula is C18H15N3O2S. The first-order valence-electron chi connectivity index (χ1n) is 7.70. The summed E-state index contributed by atoms with van der Waals surface area (Å²) < 4.78 is 0. The number of fused-ring (bicyclic) bond motifs is 1. The van der Waals surface area contributed by atoms with E-state index in [0.717, 1.165) is 11.4 Å². The maximum absolute atomic E-state index is 13.0. The molecule has 0 fully saturated rings. The first kappa shape index (κ1) is 15.0. The van der Waals surface area contributed by atoms with Crippen molar-refractivity contribution in [2.24, 2.45) is 0 Å². The maximum Gasteiger partial charge on any atom is 0.263 e. The summed E-state index contributed by atoms with van der Waals surface area (Å²) in [6.45, 7) is 1.98. The highest BCUT2D eigenvalue weighted by Gasteiger charge is 2.51. The van der Waals surface area contributed by atoms with Crippen LogP contribution in [0.3, 0.4) is 0 Å². The van der Waals surface area contributed by atoms with Crippen molar-refractivity contribution in [3.05, 3.63) is 76.3 Å². The Bertz CT molecular complexity index is 909. The minimum absolute atomic E-state index is 0.268. The third kappa shape index (κ3) is 2.00. The minimum atomic E-state index is -1.58. The Morgan fingerprint density at radius 1 is 1.08 bits per heavy atom. The third-order valence-corrected chi connectivity index (χ3v) is 5.24. The van der Waals surface area contributed by atoms with Gasteiger partial charge in [-0.1, -0.05) is 66.8 Å². The zero-order chi connectivity index (χ0) is 16.7. The van der Waals surface area contributed by atoms with E-state index >= 15 is 0 Å². The van der Waals surface area contributed by atoms with E-state index in [9.17, 15) is 9.90 Å². The van der Waals surface area contributed by atoms with Gasteiger partial charge in [0.2, 0.25) is 10.9 Å². The molecule has 1 aliphatic rings. The zero-order valence-corrected chi connectivity index (χ0v) is 13.8. The van der Waals surface area contributed by atoms with E-state index < -0.39 is 5.72 Å². The first-order chi connectivity index (χ1) is 11.7. The zero-order valence-electron chi connectivity index (χ0n) is 13.0. The molecule has 24 heavy (non-hydrogen) atoms. The Balaban J connectivity index is 1.96. The maximum atomic E-state index is 13.0. The molecule has 0 spiro atoms. The van der Waals surface area contributed by atoms with Crippen molar-refractivity contribution in [1.29, 1.82) is 0 Å². The topological polar surface area (TPSA) is 66.3 Å². The van der Waals surface area contributed by atoms with Gasteiger partial charge < -0.3 is 5.11 Å². The van der Waals surface area contributed by atoms with Crippen molar-refractivity contribution in [3.8, 4) is 0 Å². The van der Waals surface area contributed by atoms with E-state index in [1.807, 2.05) is 43.3 Å². The summed E-state index contributed by atoms with van der Waals surface area (Å²) in [5.74, 6) is -0.268. The van der Waals surface area contributed by atoms with Crippen LogP contribution in [-0.2, 0) is 12.1 Å². The number of aryl methyl sites for hydroxylation is 1. The lowest BCUT2D eigenvalue weighted by molar-refractivity contribution is 0.0702. The number of carbonyl (C=O) groups excluding carboxylic acids is 1. The molecule has 4 rings (SSSR count). The summed E-state index contributed by atoms with van der Waals surface area (Å²) in [7, 11) is 0. The number of anilines is 1. The van der Waals surface area contributed by atoms with E-state index in [2.05, 4.69) is 10.2 Å². The number of hydrogen-bond acceptors (Lipinski definition) is 5. The van der Waals surface area contributed by atoms with Crippen molar-refractivity contribution in [1.82, 2.24) is 10.2 Å². The molecule has 2 heterocycles. The van der Waals surface area contributed by atoms with Gasteiger partial charge in [-0.15, -0.1) is 10.2 Å². The summed E-state index contributed by atoms with van der Waals surface area (Å²) >= 11 is 1.32. The number of aliphatic hydroxyl groups is 1. The normalized spacial score (nSPS) is 19.6. The number of carbonyl (C=O) groups is 1. The largest absolute Gasteiger partial charge is 0.363 e. The number of hydrogen-bond donors (Lipinski definition) is 1. The third-order valence-electron chi connectivity index (χ3n) is 4.19. The number of benzene rings is 2. The van der Waals surface area contributed by atoms with Crippen LogP contribution in [0.4, 0.5) is 5.13 Å². The molecule has 3 aromatic rings. The fourth-order valence-electron chi connectivity index (χ4n) is 3.02. The van der Waals surface area contributed by atoms with Crippen LogP contribution in [0.2, 0.25) is 0 Å². The molecular weight excluding hydrogens is 322 g/mol. The minimum Gasteiger partial charge on any atom is -0.363 e. The highest BCUT2D eigenvalue weighted by atomic mass is 32.1. The second-order valence-electron chi connectivity index (χ2n) is 5.56. The van der Waals surface area contributed by atoms with Gasteiger partial charge in [0.05, 0.1) is 0 Å². The van der Waals surface area contributed by atoms with Gasteiger partial charge in [-0.3, -0.25) is 4.79 Å².